The Morgan fingerprint density at radius 2 is 1.00 bits per heavy atom. The quantitative estimate of drug-likeness (QED) is 0.472. The Morgan fingerprint density at radius 1 is 0.759 bits per heavy atom. The largest absolute Gasteiger partial charge is 0.508 e. The van der Waals surface area contributed by atoms with E-state index in [1.54, 1.807) is 0 Å². The number of carboxylic acid groups (broad SMARTS) is 1. The molecule has 0 atom stereocenters. The predicted molar refractivity (Wildman–Crippen MR) is 91.6 cm³/mol. The zero-order valence-corrected chi connectivity index (χ0v) is 14.8. The van der Waals surface area contributed by atoms with Crippen LogP contribution in [0.5, 0.6) is 11.5 Å². The highest BCUT2D eigenvalue weighted by Gasteiger charge is 2.72. The van der Waals surface area contributed by atoms with E-state index in [-0.39, 0.29) is 5.57 Å². The van der Waals surface area contributed by atoms with E-state index in [0.717, 1.165) is 24.3 Å². The highest BCUT2D eigenvalue weighted by molar-refractivity contribution is 5.84. The number of aromatic hydroxyl groups is 2. The van der Waals surface area contributed by atoms with Crippen molar-refractivity contribution in [2.75, 3.05) is 0 Å². The van der Waals surface area contributed by atoms with Gasteiger partial charge in [-0.3, -0.25) is 0 Å². The normalized spacial score (nSPS) is 12.0. The van der Waals surface area contributed by atoms with Gasteiger partial charge in [0.15, 0.2) is 0 Å². The predicted octanol–water partition coefficient (Wildman–Crippen LogP) is 5.16. The van der Waals surface area contributed by atoms with E-state index in [1.807, 2.05) is 0 Å². The van der Waals surface area contributed by atoms with Crippen molar-refractivity contribution < 1.29 is 46.5 Å². The fourth-order valence-electron chi connectivity index (χ4n) is 2.40. The van der Waals surface area contributed by atoms with Crippen LogP contribution in [0.25, 0.3) is 0 Å². The van der Waals surface area contributed by atoms with Gasteiger partial charge in [0, 0.05) is 5.57 Å². The summed E-state index contributed by atoms with van der Waals surface area (Å²) in [5.74, 6) is -1.86. The van der Waals surface area contributed by atoms with Gasteiger partial charge < -0.3 is 15.3 Å². The van der Waals surface area contributed by atoms with Crippen LogP contribution in [0.15, 0.2) is 60.7 Å². The molecule has 2 aromatic carbocycles. The summed E-state index contributed by atoms with van der Waals surface area (Å²) < 4.78 is 81.6. The molecule has 0 aliphatic heterocycles. The summed E-state index contributed by atoms with van der Waals surface area (Å²) in [5.41, 5.74) is -6.27. The Hall–Kier alpha value is -3.17. The van der Waals surface area contributed by atoms with Gasteiger partial charge in [0.05, 0.1) is 0 Å². The van der Waals surface area contributed by atoms with Crippen molar-refractivity contribution >= 4 is 5.97 Å². The average molecular weight is 422 g/mol. The summed E-state index contributed by atoms with van der Waals surface area (Å²) in [6.45, 7) is 4.60. The maximum absolute atomic E-state index is 13.6. The van der Waals surface area contributed by atoms with Crippen molar-refractivity contribution in [1.29, 1.82) is 0 Å². The number of carboxylic acids is 1. The first-order valence-electron chi connectivity index (χ1n) is 7.76. The van der Waals surface area contributed by atoms with Crippen LogP contribution in [-0.4, -0.2) is 33.6 Å². The molecule has 0 radical (unpaired) electrons. The second-order valence-corrected chi connectivity index (χ2v) is 5.92. The Morgan fingerprint density at radius 3 is 1.17 bits per heavy atom. The maximum Gasteiger partial charge on any atom is 0.411 e. The summed E-state index contributed by atoms with van der Waals surface area (Å²) in [5, 5.41) is 26.2. The summed E-state index contributed by atoms with van der Waals surface area (Å²) in [7, 11) is 0. The first-order valence-corrected chi connectivity index (χ1v) is 7.76. The van der Waals surface area contributed by atoms with Crippen molar-refractivity contribution in [1.82, 2.24) is 0 Å². The molecule has 0 unspecified atom stereocenters. The van der Waals surface area contributed by atoms with E-state index in [9.17, 15) is 31.1 Å². The van der Waals surface area contributed by atoms with E-state index in [1.165, 1.54) is 6.92 Å². The third kappa shape index (κ3) is 5.01. The van der Waals surface area contributed by atoms with Gasteiger partial charge in [-0.15, -0.1) is 0 Å². The topological polar surface area (TPSA) is 77.8 Å². The molecule has 3 N–H and O–H groups in total. The zero-order chi connectivity index (χ0) is 22.6. The monoisotopic (exact) mass is 422 g/mol. The lowest BCUT2D eigenvalue weighted by molar-refractivity contribution is -0.288. The van der Waals surface area contributed by atoms with Crippen LogP contribution in [0.2, 0.25) is 0 Å². The van der Waals surface area contributed by atoms with Gasteiger partial charge in [-0.1, -0.05) is 30.8 Å². The number of aliphatic carboxylic acids is 1. The molecule has 0 bridgehead atoms. The molecule has 0 aliphatic carbocycles. The van der Waals surface area contributed by atoms with Crippen molar-refractivity contribution in [3.63, 3.8) is 0 Å². The molecule has 0 saturated heterocycles. The van der Waals surface area contributed by atoms with Crippen LogP contribution < -0.4 is 0 Å². The van der Waals surface area contributed by atoms with Gasteiger partial charge in [0.1, 0.15) is 11.5 Å². The highest BCUT2D eigenvalue weighted by atomic mass is 19.4. The van der Waals surface area contributed by atoms with E-state index in [0.29, 0.717) is 24.3 Å². The molecule has 0 saturated carbocycles. The second kappa shape index (κ2) is 8.46. The van der Waals surface area contributed by atoms with Crippen molar-refractivity contribution in [2.45, 2.75) is 24.7 Å². The number of phenols is 2. The molecule has 158 valence electrons. The Bertz CT molecular complexity index is 779. The standard InChI is InChI=1S/C15H10F6O2.C4H6O2/c16-14(17,18)13(15(19,20)21,9-1-5-11(22)6-2-9)10-3-7-12(23)8-4-10;1-3(2)4(5)6/h1-8,22-23H;1H2,2H3,(H,5,6). The van der Waals surface area contributed by atoms with Crippen LogP contribution in [0.1, 0.15) is 18.1 Å². The molecule has 4 nitrogen and oxygen atoms in total. The van der Waals surface area contributed by atoms with Gasteiger partial charge in [0.25, 0.3) is 0 Å². The van der Waals surface area contributed by atoms with Crippen LogP contribution in [-0.2, 0) is 10.2 Å². The van der Waals surface area contributed by atoms with Crippen molar-refractivity contribution in [3.05, 3.63) is 71.8 Å². The molecule has 0 fully saturated rings. The molecular weight excluding hydrogens is 406 g/mol. The molecule has 0 amide bonds. The van der Waals surface area contributed by atoms with E-state index in [4.69, 9.17) is 15.3 Å². The lowest BCUT2D eigenvalue weighted by Gasteiger charge is -2.38. The highest BCUT2D eigenvalue weighted by Crippen LogP contribution is 2.56. The number of phenolic OH excluding ortho intramolecular Hbond substituents is 2. The Balaban J connectivity index is 0.000000612. The summed E-state index contributed by atoms with van der Waals surface area (Å²) in [6.07, 6.45) is -11.4. The summed E-state index contributed by atoms with van der Waals surface area (Å²) in [4.78, 5) is 9.60. The number of halogens is 6. The number of hydrogen-bond donors (Lipinski definition) is 3. The van der Waals surface area contributed by atoms with E-state index in [2.05, 4.69) is 6.58 Å². The van der Waals surface area contributed by atoms with Gasteiger partial charge in [-0.05, 0) is 42.3 Å². The molecule has 2 aromatic rings. The number of hydrogen-bond acceptors (Lipinski definition) is 3. The Kier molecular flexibility index (Phi) is 6.96. The molecule has 0 aromatic heterocycles. The van der Waals surface area contributed by atoms with Crippen molar-refractivity contribution in [2.24, 2.45) is 0 Å². The van der Waals surface area contributed by atoms with Crippen molar-refractivity contribution in [3.8, 4) is 11.5 Å². The fourth-order valence-corrected chi connectivity index (χ4v) is 2.40. The van der Waals surface area contributed by atoms with Crippen LogP contribution in [0.3, 0.4) is 0 Å². The van der Waals surface area contributed by atoms with Gasteiger partial charge in [0.2, 0.25) is 5.41 Å². The summed E-state index contributed by atoms with van der Waals surface area (Å²) in [6, 6.07) is 5.30. The second-order valence-electron chi connectivity index (χ2n) is 5.92. The molecule has 0 aliphatic rings. The van der Waals surface area contributed by atoms with Crippen LogP contribution >= 0.6 is 0 Å². The summed E-state index contributed by atoms with van der Waals surface area (Å²) >= 11 is 0. The number of alkyl halides is 6. The first-order chi connectivity index (χ1) is 13.1. The fraction of sp³-hybridized carbons (Fsp3) is 0.211. The Labute approximate surface area is 161 Å². The first kappa shape index (κ1) is 23.9. The smallest absolute Gasteiger partial charge is 0.411 e. The minimum Gasteiger partial charge on any atom is -0.508 e. The third-order valence-corrected chi connectivity index (χ3v) is 3.82. The van der Waals surface area contributed by atoms with Gasteiger partial charge in [-0.25, -0.2) is 4.79 Å². The SMILES string of the molecule is C=C(C)C(=O)O.Oc1ccc(C(c2ccc(O)cc2)(C(F)(F)F)C(F)(F)F)cc1. The lowest BCUT2D eigenvalue weighted by Crippen LogP contribution is -2.54. The molecular formula is C19H16F6O4. The molecule has 0 spiro atoms. The van der Waals surface area contributed by atoms with Gasteiger partial charge in [-0.2, -0.15) is 26.3 Å². The minimum absolute atomic E-state index is 0.176. The van der Waals surface area contributed by atoms with E-state index >= 15 is 0 Å². The number of rotatable bonds is 3. The number of benzene rings is 2. The lowest BCUT2D eigenvalue weighted by atomic mass is 9.73. The van der Waals surface area contributed by atoms with E-state index < -0.39 is 46.4 Å². The maximum atomic E-state index is 13.6. The minimum atomic E-state index is -5.70. The van der Waals surface area contributed by atoms with Gasteiger partial charge >= 0.3 is 18.3 Å². The zero-order valence-electron chi connectivity index (χ0n) is 14.8. The molecule has 0 heterocycles. The molecule has 10 heteroatoms. The third-order valence-electron chi connectivity index (χ3n) is 3.82. The molecule has 29 heavy (non-hydrogen) atoms. The molecule has 2 rings (SSSR count). The number of carbonyl (C=O) groups is 1. The average Bonchev–Trinajstić information content (AvgIpc) is 2.56. The van der Waals surface area contributed by atoms with Crippen LogP contribution in [0.4, 0.5) is 26.3 Å². The van der Waals surface area contributed by atoms with Crippen LogP contribution in [0, 0.1) is 0 Å².